The molecule has 0 bridgehead atoms. The van der Waals surface area contributed by atoms with E-state index < -0.39 is 27.0 Å². The Kier molecular flexibility index (Phi) is 4.83. The van der Waals surface area contributed by atoms with Gasteiger partial charge in [0.25, 0.3) is 0 Å². The van der Waals surface area contributed by atoms with Crippen molar-refractivity contribution < 1.29 is 22.7 Å². The molecule has 3 aromatic carbocycles. The van der Waals surface area contributed by atoms with E-state index in [4.69, 9.17) is 5.73 Å². The van der Waals surface area contributed by atoms with Crippen LogP contribution in [0.4, 0.5) is 4.39 Å². The van der Waals surface area contributed by atoms with Crippen LogP contribution in [-0.4, -0.2) is 30.3 Å². The molecule has 1 heterocycles. The number of benzene rings is 3. The lowest BCUT2D eigenvalue weighted by atomic mass is 10.0. The van der Waals surface area contributed by atoms with Gasteiger partial charge in [0.15, 0.2) is 9.84 Å². The van der Waals surface area contributed by atoms with Crippen molar-refractivity contribution in [3.63, 3.8) is 0 Å². The number of carbonyl (C=O) groups is 1. The lowest BCUT2D eigenvalue weighted by Crippen LogP contribution is -2.23. The summed E-state index contributed by atoms with van der Waals surface area (Å²) in [6.45, 7) is 0.111. The van der Waals surface area contributed by atoms with Crippen LogP contribution in [0.25, 0.3) is 21.7 Å². The molecule has 154 valence electrons. The van der Waals surface area contributed by atoms with Gasteiger partial charge in [-0.3, -0.25) is 0 Å². The number of aromatic carboxylic acids is 1. The highest BCUT2D eigenvalue weighted by atomic mass is 32.2. The van der Waals surface area contributed by atoms with Gasteiger partial charge >= 0.3 is 5.97 Å². The minimum absolute atomic E-state index is 0.0482. The zero-order valence-corrected chi connectivity index (χ0v) is 16.9. The fraction of sp³-hybridized carbons (Fsp3) is 0.136. The Hall–Kier alpha value is -3.23. The van der Waals surface area contributed by atoms with Gasteiger partial charge in [0.1, 0.15) is 16.9 Å². The summed E-state index contributed by atoms with van der Waals surface area (Å²) in [5, 5.41) is 10.4. The zero-order valence-electron chi connectivity index (χ0n) is 16.0. The van der Waals surface area contributed by atoms with E-state index in [0.717, 1.165) is 11.6 Å². The summed E-state index contributed by atoms with van der Waals surface area (Å²) in [5.41, 5.74) is 7.08. The maximum Gasteiger partial charge on any atom is 0.352 e. The number of sulfone groups is 1. The van der Waals surface area contributed by atoms with Crippen molar-refractivity contribution in [3.8, 4) is 0 Å². The van der Waals surface area contributed by atoms with Crippen LogP contribution in [-0.2, 0) is 16.4 Å². The van der Waals surface area contributed by atoms with E-state index in [1.54, 1.807) is 36.4 Å². The Morgan fingerprint density at radius 3 is 2.53 bits per heavy atom. The minimum Gasteiger partial charge on any atom is -0.477 e. The maximum atomic E-state index is 13.9. The molecule has 0 aliphatic carbocycles. The van der Waals surface area contributed by atoms with Crippen LogP contribution in [0.2, 0.25) is 0 Å². The molecule has 0 amide bonds. The zero-order chi connectivity index (χ0) is 21.6. The number of hydrogen-bond acceptors (Lipinski definition) is 4. The topological polar surface area (TPSA) is 102 Å². The molecule has 0 fully saturated rings. The summed E-state index contributed by atoms with van der Waals surface area (Å²) in [7, 11) is -3.75. The number of carboxylic acid groups (broad SMARTS) is 1. The van der Waals surface area contributed by atoms with E-state index >= 15 is 0 Å². The number of carboxylic acids is 1. The van der Waals surface area contributed by atoms with Crippen LogP contribution in [0.15, 0.2) is 60.7 Å². The third-order valence-electron chi connectivity index (χ3n) is 5.22. The van der Waals surface area contributed by atoms with Crippen molar-refractivity contribution in [2.75, 3.05) is 6.26 Å². The van der Waals surface area contributed by atoms with Crippen molar-refractivity contribution in [1.82, 2.24) is 4.57 Å². The van der Waals surface area contributed by atoms with Crippen LogP contribution in [0, 0.1) is 5.82 Å². The van der Waals surface area contributed by atoms with Crippen LogP contribution in [0.3, 0.4) is 0 Å². The molecular formula is C22H19FN2O4S. The first-order valence-electron chi connectivity index (χ1n) is 9.14. The largest absolute Gasteiger partial charge is 0.477 e. The standard InChI is InChI=1S/C22H19FN2O4S/c1-30(28,29)21(24)19-16-7-2-3-8-18(16)25(20(19)22(26)27)12-14-6-4-5-13-9-10-15(23)11-17(13)14/h2-11,21H,12,24H2,1H3,(H,26,27). The molecular weight excluding hydrogens is 407 g/mol. The quantitative estimate of drug-likeness (QED) is 0.507. The molecule has 0 saturated carbocycles. The highest BCUT2D eigenvalue weighted by molar-refractivity contribution is 7.90. The van der Waals surface area contributed by atoms with E-state index in [0.29, 0.717) is 21.9 Å². The Morgan fingerprint density at radius 2 is 1.83 bits per heavy atom. The van der Waals surface area contributed by atoms with Crippen LogP contribution >= 0.6 is 0 Å². The Balaban J connectivity index is 2.02. The number of para-hydroxylation sites is 1. The summed E-state index contributed by atoms with van der Waals surface area (Å²) < 4.78 is 39.7. The molecule has 0 radical (unpaired) electrons. The van der Waals surface area contributed by atoms with Crippen molar-refractivity contribution in [3.05, 3.63) is 83.3 Å². The molecule has 6 nitrogen and oxygen atoms in total. The summed E-state index contributed by atoms with van der Waals surface area (Å²) in [6, 6.07) is 16.7. The Morgan fingerprint density at radius 1 is 1.10 bits per heavy atom. The first kappa shape index (κ1) is 20.1. The first-order valence-corrected chi connectivity index (χ1v) is 11.1. The van der Waals surface area contributed by atoms with Crippen molar-refractivity contribution in [1.29, 1.82) is 0 Å². The van der Waals surface area contributed by atoms with Gasteiger partial charge in [-0.25, -0.2) is 17.6 Å². The molecule has 0 saturated heterocycles. The number of nitrogens with two attached hydrogens (primary N) is 1. The van der Waals surface area contributed by atoms with Gasteiger partial charge in [-0.2, -0.15) is 0 Å². The number of fused-ring (bicyclic) bond motifs is 2. The number of hydrogen-bond donors (Lipinski definition) is 2. The van der Waals surface area contributed by atoms with Gasteiger partial charge < -0.3 is 15.4 Å². The molecule has 4 aromatic rings. The first-order chi connectivity index (χ1) is 14.2. The Bertz CT molecular complexity index is 1410. The highest BCUT2D eigenvalue weighted by Gasteiger charge is 2.31. The van der Waals surface area contributed by atoms with Gasteiger partial charge in [-0.05, 0) is 34.5 Å². The van der Waals surface area contributed by atoms with Crippen molar-refractivity contribution in [2.24, 2.45) is 5.73 Å². The third-order valence-corrected chi connectivity index (χ3v) is 6.38. The van der Waals surface area contributed by atoms with Gasteiger partial charge in [-0.1, -0.05) is 42.5 Å². The average molecular weight is 426 g/mol. The second-order valence-electron chi connectivity index (χ2n) is 7.20. The third kappa shape index (κ3) is 3.34. The molecule has 8 heteroatoms. The van der Waals surface area contributed by atoms with Crippen LogP contribution in [0.1, 0.15) is 27.0 Å². The maximum absolute atomic E-state index is 13.9. The van der Waals surface area contributed by atoms with E-state index in [1.165, 1.54) is 16.7 Å². The second-order valence-corrected chi connectivity index (χ2v) is 9.37. The van der Waals surface area contributed by atoms with Crippen LogP contribution in [0.5, 0.6) is 0 Å². The number of nitrogens with zero attached hydrogens (tertiary/aromatic N) is 1. The molecule has 1 unspecified atom stereocenters. The summed E-state index contributed by atoms with van der Waals surface area (Å²) in [6.07, 6.45) is 0.975. The lowest BCUT2D eigenvalue weighted by Gasteiger charge is -2.13. The molecule has 30 heavy (non-hydrogen) atoms. The molecule has 0 aliphatic rings. The van der Waals surface area contributed by atoms with E-state index in [-0.39, 0.29) is 17.8 Å². The average Bonchev–Trinajstić information content (AvgIpc) is 3.01. The molecule has 1 aromatic heterocycles. The van der Waals surface area contributed by atoms with E-state index in [1.807, 2.05) is 12.1 Å². The summed E-state index contributed by atoms with van der Waals surface area (Å²) in [5.74, 6) is -1.68. The SMILES string of the molecule is CS(=O)(=O)C(N)c1c(C(=O)O)n(Cc2cccc3ccc(F)cc23)c2ccccc12. The van der Waals surface area contributed by atoms with Gasteiger partial charge in [0.2, 0.25) is 0 Å². The van der Waals surface area contributed by atoms with E-state index in [9.17, 15) is 22.7 Å². The highest BCUT2D eigenvalue weighted by Crippen LogP contribution is 2.34. The number of rotatable bonds is 5. The predicted molar refractivity (Wildman–Crippen MR) is 114 cm³/mol. The fourth-order valence-electron chi connectivity index (χ4n) is 3.85. The lowest BCUT2D eigenvalue weighted by molar-refractivity contribution is 0.0685. The smallest absolute Gasteiger partial charge is 0.352 e. The Labute approximate surface area is 172 Å². The van der Waals surface area contributed by atoms with E-state index in [2.05, 4.69) is 0 Å². The number of aromatic nitrogens is 1. The second kappa shape index (κ2) is 7.23. The summed E-state index contributed by atoms with van der Waals surface area (Å²) >= 11 is 0. The molecule has 0 aliphatic heterocycles. The minimum atomic E-state index is -3.75. The van der Waals surface area contributed by atoms with Crippen molar-refractivity contribution in [2.45, 2.75) is 11.9 Å². The van der Waals surface area contributed by atoms with Gasteiger partial charge in [0.05, 0.1) is 0 Å². The monoisotopic (exact) mass is 426 g/mol. The van der Waals surface area contributed by atoms with Crippen molar-refractivity contribution >= 4 is 37.5 Å². The number of halogens is 1. The molecule has 0 spiro atoms. The molecule has 3 N–H and O–H groups in total. The van der Waals surface area contributed by atoms with Gasteiger partial charge in [0, 0.05) is 29.3 Å². The predicted octanol–water partition coefficient (Wildman–Crippen LogP) is 3.68. The summed E-state index contributed by atoms with van der Waals surface area (Å²) in [4.78, 5) is 12.2. The normalized spacial score (nSPS) is 13.0. The molecule has 4 rings (SSSR count). The van der Waals surface area contributed by atoms with Gasteiger partial charge in [-0.15, -0.1) is 0 Å². The van der Waals surface area contributed by atoms with Crippen LogP contribution < -0.4 is 5.73 Å². The molecule has 1 atom stereocenters. The fourth-order valence-corrected chi connectivity index (χ4v) is 4.51.